The molecule has 2 unspecified atom stereocenters. The summed E-state index contributed by atoms with van der Waals surface area (Å²) in [6.07, 6.45) is 3.94. The first-order chi connectivity index (χ1) is 9.12. The van der Waals surface area contributed by atoms with Gasteiger partial charge in [0.2, 0.25) is 0 Å². The van der Waals surface area contributed by atoms with E-state index in [1.54, 1.807) is 18.2 Å². The molecule has 1 aromatic rings. The Morgan fingerprint density at radius 3 is 2.68 bits per heavy atom. The van der Waals surface area contributed by atoms with E-state index in [4.69, 9.17) is 5.26 Å². The van der Waals surface area contributed by atoms with Crippen molar-refractivity contribution < 1.29 is 9.32 Å². The highest BCUT2D eigenvalue weighted by Gasteiger charge is 2.47. The maximum atomic E-state index is 12.2. The van der Waals surface area contributed by atoms with Gasteiger partial charge in [0.15, 0.2) is 0 Å². The lowest BCUT2D eigenvalue weighted by molar-refractivity contribution is 0.00244. The fourth-order valence-corrected chi connectivity index (χ4v) is 5.47. The van der Waals surface area contributed by atoms with E-state index in [-0.39, 0.29) is 10.5 Å². The Balaban J connectivity index is 1.95. The molecule has 5 heteroatoms. The monoisotopic (exact) mass is 276 g/mol. The smallest absolute Gasteiger partial charge is 0.140 e. The van der Waals surface area contributed by atoms with Crippen molar-refractivity contribution in [2.75, 3.05) is 0 Å². The van der Waals surface area contributed by atoms with E-state index < -0.39 is 16.4 Å². The molecule has 2 saturated heterocycles. The summed E-state index contributed by atoms with van der Waals surface area (Å²) in [6.45, 7) is 0. The highest BCUT2D eigenvalue weighted by Crippen LogP contribution is 2.43. The summed E-state index contributed by atoms with van der Waals surface area (Å²) in [6, 6.07) is 7.15. The minimum Gasteiger partial charge on any atom is -0.383 e. The second-order valence-corrected chi connectivity index (χ2v) is 7.45. The number of aliphatic hydroxyl groups is 1. The second kappa shape index (κ2) is 4.69. The average molecular weight is 276 g/mol. The maximum absolute atomic E-state index is 12.2. The third-order valence-corrected chi connectivity index (χ3v) is 6.30. The molecular weight excluding hydrogens is 260 g/mol. The quantitative estimate of drug-likeness (QED) is 0.845. The lowest BCUT2D eigenvalue weighted by atomic mass is 9.83. The van der Waals surface area contributed by atoms with Crippen LogP contribution in [-0.4, -0.2) is 24.8 Å². The van der Waals surface area contributed by atoms with E-state index >= 15 is 0 Å². The van der Waals surface area contributed by atoms with Gasteiger partial charge in [0, 0.05) is 21.3 Å². The van der Waals surface area contributed by atoms with Crippen LogP contribution < -0.4 is 0 Å². The van der Waals surface area contributed by atoms with E-state index in [0.29, 0.717) is 24.2 Å². The van der Waals surface area contributed by atoms with E-state index in [1.807, 2.05) is 6.07 Å². The van der Waals surface area contributed by atoms with Gasteiger partial charge >= 0.3 is 0 Å². The fraction of sp³-hybridized carbons (Fsp3) is 0.571. The van der Waals surface area contributed by atoms with E-state index in [2.05, 4.69) is 4.98 Å². The summed E-state index contributed by atoms with van der Waals surface area (Å²) in [5, 5.41) is 19.9. The molecule has 4 nitrogen and oxygen atoms in total. The van der Waals surface area contributed by atoms with E-state index in [0.717, 1.165) is 19.3 Å². The molecule has 1 aromatic heterocycles. The molecule has 19 heavy (non-hydrogen) atoms. The standard InChI is InChI=1S/C14H16N2O2S/c15-9-10-3-1-6-13(16-10)14(17)7-11-4-2-5-12(8-14)19(11)18/h1,3,6,11-12,17H,2,4-5,7-8H2. The van der Waals surface area contributed by atoms with Gasteiger partial charge in [-0.25, -0.2) is 4.98 Å². The van der Waals surface area contributed by atoms with Gasteiger partial charge in [-0.05, 0) is 37.8 Å². The van der Waals surface area contributed by atoms with Crippen molar-refractivity contribution in [1.82, 2.24) is 4.98 Å². The summed E-state index contributed by atoms with van der Waals surface area (Å²) in [5.41, 5.74) is -0.140. The average Bonchev–Trinajstić information content (AvgIpc) is 2.41. The Bertz CT molecular complexity index is 551. The molecule has 0 aromatic carbocycles. The van der Waals surface area contributed by atoms with E-state index in [9.17, 15) is 9.32 Å². The third-order valence-electron chi connectivity index (χ3n) is 4.18. The van der Waals surface area contributed by atoms with Crippen LogP contribution in [0.5, 0.6) is 0 Å². The Kier molecular flexibility index (Phi) is 3.15. The molecule has 0 saturated carbocycles. The molecule has 0 radical (unpaired) electrons. The maximum Gasteiger partial charge on any atom is 0.140 e. The molecule has 0 spiro atoms. The number of hydrogen-bond donors (Lipinski definition) is 1. The summed E-state index contributed by atoms with van der Waals surface area (Å²) in [7, 11) is -0.816. The molecule has 2 aliphatic rings. The van der Waals surface area contributed by atoms with Crippen LogP contribution in [-0.2, 0) is 16.4 Å². The highest BCUT2D eigenvalue weighted by atomic mass is 32.2. The molecule has 0 aliphatic carbocycles. The lowest BCUT2D eigenvalue weighted by Gasteiger charge is -2.43. The van der Waals surface area contributed by atoms with E-state index in [1.165, 1.54) is 0 Å². The highest BCUT2D eigenvalue weighted by molar-refractivity contribution is 7.86. The van der Waals surface area contributed by atoms with Crippen LogP contribution in [0.3, 0.4) is 0 Å². The van der Waals surface area contributed by atoms with Gasteiger partial charge in [0.1, 0.15) is 17.4 Å². The van der Waals surface area contributed by atoms with Crippen LogP contribution in [0.1, 0.15) is 43.5 Å². The number of pyridine rings is 1. The minimum absolute atomic E-state index is 0.0741. The van der Waals surface area contributed by atoms with Crippen molar-refractivity contribution in [2.45, 2.75) is 48.2 Å². The number of rotatable bonds is 1. The number of nitriles is 1. The Labute approximate surface area is 114 Å². The van der Waals surface area contributed by atoms with Crippen molar-refractivity contribution in [1.29, 1.82) is 5.26 Å². The molecule has 0 amide bonds. The van der Waals surface area contributed by atoms with Gasteiger partial charge < -0.3 is 5.11 Å². The van der Waals surface area contributed by atoms with Crippen molar-refractivity contribution in [3.63, 3.8) is 0 Å². The Morgan fingerprint density at radius 2 is 2.05 bits per heavy atom. The summed E-state index contributed by atoms with van der Waals surface area (Å²) in [4.78, 5) is 4.23. The zero-order valence-electron chi connectivity index (χ0n) is 10.6. The third kappa shape index (κ3) is 2.19. The first kappa shape index (κ1) is 12.8. The van der Waals surface area contributed by atoms with Crippen LogP contribution >= 0.6 is 0 Å². The van der Waals surface area contributed by atoms with Crippen LogP contribution in [0.2, 0.25) is 0 Å². The number of fused-ring (bicyclic) bond motifs is 2. The Hall–Kier alpha value is -1.25. The predicted octanol–water partition coefficient (Wildman–Crippen LogP) is 1.60. The largest absolute Gasteiger partial charge is 0.383 e. The predicted molar refractivity (Wildman–Crippen MR) is 71.7 cm³/mol. The normalized spacial score (nSPS) is 37.6. The summed E-state index contributed by atoms with van der Waals surface area (Å²) in [5.74, 6) is 0. The van der Waals surface area contributed by atoms with Gasteiger partial charge in [-0.3, -0.25) is 4.21 Å². The van der Waals surface area contributed by atoms with Crippen molar-refractivity contribution in [3.05, 3.63) is 29.6 Å². The summed E-state index contributed by atoms with van der Waals surface area (Å²) < 4.78 is 12.2. The van der Waals surface area contributed by atoms with Crippen LogP contribution in [0.4, 0.5) is 0 Å². The number of nitrogens with zero attached hydrogens (tertiary/aromatic N) is 2. The molecular formula is C14H16N2O2S. The molecule has 1 N–H and O–H groups in total. The molecule has 2 atom stereocenters. The Morgan fingerprint density at radius 1 is 1.37 bits per heavy atom. The van der Waals surface area contributed by atoms with Gasteiger partial charge in [0.05, 0.1) is 5.69 Å². The van der Waals surface area contributed by atoms with Crippen molar-refractivity contribution in [3.8, 4) is 6.07 Å². The SMILES string of the molecule is N#Cc1cccc(C2(O)CC3CCCC(C2)S3=O)n1. The first-order valence-corrected chi connectivity index (χ1v) is 7.89. The van der Waals surface area contributed by atoms with Crippen LogP contribution in [0.15, 0.2) is 18.2 Å². The fourth-order valence-electron chi connectivity index (χ4n) is 3.25. The second-order valence-electron chi connectivity index (χ2n) is 5.46. The zero-order chi connectivity index (χ0) is 13.5. The molecule has 2 fully saturated rings. The van der Waals surface area contributed by atoms with Gasteiger partial charge in [0.25, 0.3) is 0 Å². The van der Waals surface area contributed by atoms with Crippen molar-refractivity contribution >= 4 is 10.8 Å². The molecule has 2 bridgehead atoms. The molecule has 3 rings (SSSR count). The van der Waals surface area contributed by atoms with Crippen LogP contribution in [0.25, 0.3) is 0 Å². The van der Waals surface area contributed by atoms with Crippen molar-refractivity contribution in [2.24, 2.45) is 0 Å². The van der Waals surface area contributed by atoms with Gasteiger partial charge in [-0.2, -0.15) is 5.26 Å². The number of aromatic nitrogens is 1. The lowest BCUT2D eigenvalue weighted by Crippen LogP contribution is -2.47. The molecule has 100 valence electrons. The molecule has 3 heterocycles. The zero-order valence-corrected chi connectivity index (χ0v) is 11.4. The van der Waals surface area contributed by atoms with Crippen LogP contribution in [0, 0.1) is 11.3 Å². The number of hydrogen-bond acceptors (Lipinski definition) is 4. The summed E-state index contributed by atoms with van der Waals surface area (Å²) >= 11 is 0. The minimum atomic E-state index is -1.02. The van der Waals surface area contributed by atoms with Gasteiger partial charge in [-0.1, -0.05) is 12.5 Å². The molecule has 2 aliphatic heterocycles. The topological polar surface area (TPSA) is 74.0 Å². The van der Waals surface area contributed by atoms with Gasteiger partial charge in [-0.15, -0.1) is 0 Å². The first-order valence-electron chi connectivity index (χ1n) is 6.62.